The van der Waals surface area contributed by atoms with Crippen LogP contribution in [-0.4, -0.2) is 64.0 Å². The zero-order valence-corrected chi connectivity index (χ0v) is 14.5. The first-order valence-electron chi connectivity index (χ1n) is 8.65. The summed E-state index contributed by atoms with van der Waals surface area (Å²) in [5.74, 6) is -0.236. The van der Waals surface area contributed by atoms with Crippen molar-refractivity contribution < 1.29 is 15.0 Å². The van der Waals surface area contributed by atoms with Crippen LogP contribution < -0.4 is 10.6 Å². The van der Waals surface area contributed by atoms with Crippen LogP contribution in [0.3, 0.4) is 0 Å². The predicted octanol–water partition coefficient (Wildman–Crippen LogP) is 1.42. The number of aromatic hydroxyl groups is 1. The molecule has 0 amide bonds. The van der Waals surface area contributed by atoms with Crippen molar-refractivity contribution in [1.82, 2.24) is 15.1 Å². The molecule has 4 N–H and O–H groups in total. The minimum Gasteiger partial charge on any atom is -0.507 e. The van der Waals surface area contributed by atoms with E-state index in [9.17, 15) is 9.90 Å². The number of aromatic nitrogens is 2. The summed E-state index contributed by atoms with van der Waals surface area (Å²) in [6.07, 6.45) is 0.858. The Morgan fingerprint density at radius 3 is 2.58 bits per heavy atom. The first kappa shape index (κ1) is 17.9. The highest BCUT2D eigenvalue weighted by atomic mass is 16.4. The number of carboxylic acids is 1. The lowest BCUT2D eigenvalue weighted by Gasteiger charge is -2.36. The van der Waals surface area contributed by atoms with E-state index < -0.39 is 5.97 Å². The number of phenolic OH excluding ortho intramolecular Hbond substituents is 1. The molecule has 0 aliphatic carbocycles. The van der Waals surface area contributed by atoms with Gasteiger partial charge in [0.1, 0.15) is 5.75 Å². The maximum atomic E-state index is 10.6. The molecule has 1 fully saturated rings. The number of phenols is 1. The summed E-state index contributed by atoms with van der Waals surface area (Å²) in [6, 6.07) is 8.86. The molecule has 8 heteroatoms. The number of para-hydroxylation sites is 1. The Morgan fingerprint density at radius 1 is 1.15 bits per heavy atom. The summed E-state index contributed by atoms with van der Waals surface area (Å²) < 4.78 is 0. The zero-order chi connectivity index (χ0) is 18.5. The van der Waals surface area contributed by atoms with Gasteiger partial charge in [-0.3, -0.25) is 9.69 Å². The number of hydrogen-bond acceptors (Lipinski definition) is 7. The minimum atomic E-state index is -0.754. The SMILES string of the molecule is Nc1nnc(-c2ccccc2O)cc1N1CCN(CCCC(=O)O)CC1. The first-order chi connectivity index (χ1) is 12.5. The van der Waals surface area contributed by atoms with Crippen LogP contribution >= 0.6 is 0 Å². The highest BCUT2D eigenvalue weighted by molar-refractivity contribution is 5.74. The maximum Gasteiger partial charge on any atom is 0.303 e. The lowest BCUT2D eigenvalue weighted by atomic mass is 10.1. The van der Waals surface area contributed by atoms with Crippen molar-refractivity contribution in [3.05, 3.63) is 30.3 Å². The van der Waals surface area contributed by atoms with Crippen molar-refractivity contribution in [3.63, 3.8) is 0 Å². The molecule has 0 atom stereocenters. The summed E-state index contributed by atoms with van der Waals surface area (Å²) in [7, 11) is 0. The van der Waals surface area contributed by atoms with Gasteiger partial charge in [0.15, 0.2) is 5.82 Å². The molecule has 1 aliphatic rings. The standard InChI is InChI=1S/C18H23N5O3/c19-18-15(12-14(20-21-18)13-4-1-2-5-16(13)24)23-10-8-22(9-11-23)7-3-6-17(25)26/h1-2,4-5,12,24H,3,6-11H2,(H2,19,21)(H,25,26). The number of carboxylic acid groups (broad SMARTS) is 1. The fourth-order valence-corrected chi connectivity index (χ4v) is 3.13. The molecule has 0 radical (unpaired) electrons. The number of nitrogen functional groups attached to an aromatic ring is 1. The molecule has 2 aromatic rings. The van der Waals surface area contributed by atoms with Gasteiger partial charge in [0.25, 0.3) is 0 Å². The second kappa shape index (κ2) is 8.01. The molecule has 0 unspecified atom stereocenters. The Balaban J connectivity index is 1.68. The van der Waals surface area contributed by atoms with Gasteiger partial charge in [-0.1, -0.05) is 12.1 Å². The second-order valence-corrected chi connectivity index (χ2v) is 6.34. The highest BCUT2D eigenvalue weighted by Crippen LogP contribution is 2.31. The Labute approximate surface area is 151 Å². The average molecular weight is 357 g/mol. The van der Waals surface area contributed by atoms with Gasteiger partial charge in [-0.15, -0.1) is 10.2 Å². The zero-order valence-electron chi connectivity index (χ0n) is 14.5. The summed E-state index contributed by atoms with van der Waals surface area (Å²) in [5.41, 5.74) is 8.04. The molecule has 138 valence electrons. The van der Waals surface area contributed by atoms with Gasteiger partial charge in [-0.05, 0) is 31.2 Å². The molecular weight excluding hydrogens is 334 g/mol. The number of nitrogens with zero attached hydrogens (tertiary/aromatic N) is 4. The van der Waals surface area contributed by atoms with Crippen molar-refractivity contribution in [1.29, 1.82) is 0 Å². The molecule has 1 aromatic carbocycles. The highest BCUT2D eigenvalue weighted by Gasteiger charge is 2.20. The molecule has 1 aromatic heterocycles. The van der Waals surface area contributed by atoms with Crippen LogP contribution in [0.15, 0.2) is 30.3 Å². The second-order valence-electron chi connectivity index (χ2n) is 6.34. The van der Waals surface area contributed by atoms with Gasteiger partial charge in [0, 0.05) is 38.2 Å². The van der Waals surface area contributed by atoms with Gasteiger partial charge in [-0.25, -0.2) is 0 Å². The van der Waals surface area contributed by atoms with Crippen molar-refractivity contribution in [2.24, 2.45) is 0 Å². The number of carbonyl (C=O) groups is 1. The molecule has 3 rings (SSSR count). The maximum absolute atomic E-state index is 10.6. The predicted molar refractivity (Wildman–Crippen MR) is 99.1 cm³/mol. The topological polar surface area (TPSA) is 116 Å². The van der Waals surface area contributed by atoms with Crippen LogP contribution in [0.4, 0.5) is 11.5 Å². The van der Waals surface area contributed by atoms with Crippen LogP contribution in [0.25, 0.3) is 11.3 Å². The van der Waals surface area contributed by atoms with Crippen molar-refractivity contribution in [2.75, 3.05) is 43.4 Å². The number of nitrogens with two attached hydrogens (primary N) is 1. The van der Waals surface area contributed by atoms with Gasteiger partial charge in [-0.2, -0.15) is 0 Å². The number of aliphatic carboxylic acids is 1. The largest absolute Gasteiger partial charge is 0.507 e. The molecule has 0 saturated carbocycles. The van der Waals surface area contributed by atoms with E-state index in [1.54, 1.807) is 18.2 Å². The van der Waals surface area contributed by atoms with E-state index >= 15 is 0 Å². The monoisotopic (exact) mass is 357 g/mol. The Hall–Kier alpha value is -2.87. The van der Waals surface area contributed by atoms with E-state index in [2.05, 4.69) is 20.0 Å². The summed E-state index contributed by atoms with van der Waals surface area (Å²) in [5, 5.41) is 26.9. The van der Waals surface area contributed by atoms with Crippen LogP contribution in [0.2, 0.25) is 0 Å². The van der Waals surface area contributed by atoms with Crippen molar-refractivity contribution in [3.8, 4) is 17.0 Å². The smallest absolute Gasteiger partial charge is 0.303 e. The molecule has 8 nitrogen and oxygen atoms in total. The van der Waals surface area contributed by atoms with Gasteiger partial charge < -0.3 is 20.8 Å². The van der Waals surface area contributed by atoms with Crippen LogP contribution in [0, 0.1) is 0 Å². The van der Waals surface area contributed by atoms with E-state index in [-0.39, 0.29) is 12.2 Å². The summed E-state index contributed by atoms with van der Waals surface area (Å²) in [6.45, 7) is 4.03. The Morgan fingerprint density at radius 2 is 1.88 bits per heavy atom. The molecule has 26 heavy (non-hydrogen) atoms. The van der Waals surface area contributed by atoms with Crippen LogP contribution in [0.1, 0.15) is 12.8 Å². The minimum absolute atomic E-state index is 0.153. The van der Waals surface area contributed by atoms with Gasteiger partial charge in [0.05, 0.1) is 11.4 Å². The molecule has 0 bridgehead atoms. The number of rotatable bonds is 6. The lowest BCUT2D eigenvalue weighted by Crippen LogP contribution is -2.47. The third-order valence-corrected chi connectivity index (χ3v) is 4.56. The molecule has 1 aliphatic heterocycles. The summed E-state index contributed by atoms with van der Waals surface area (Å²) >= 11 is 0. The number of benzene rings is 1. The first-order valence-corrected chi connectivity index (χ1v) is 8.65. The van der Waals surface area contributed by atoms with Gasteiger partial charge >= 0.3 is 5.97 Å². The Bertz CT molecular complexity index is 775. The third-order valence-electron chi connectivity index (χ3n) is 4.56. The van der Waals surface area contributed by atoms with Crippen LogP contribution in [-0.2, 0) is 4.79 Å². The number of hydrogen-bond donors (Lipinski definition) is 3. The van der Waals surface area contributed by atoms with E-state index in [1.165, 1.54) is 0 Å². The third kappa shape index (κ3) is 4.20. The normalized spacial score (nSPS) is 15.2. The average Bonchev–Trinajstić information content (AvgIpc) is 2.63. The number of anilines is 2. The van der Waals surface area contributed by atoms with Crippen LogP contribution in [0.5, 0.6) is 5.75 Å². The fraction of sp³-hybridized carbons (Fsp3) is 0.389. The fourth-order valence-electron chi connectivity index (χ4n) is 3.13. The lowest BCUT2D eigenvalue weighted by molar-refractivity contribution is -0.137. The van der Waals surface area contributed by atoms with E-state index in [1.807, 2.05) is 12.1 Å². The van der Waals surface area contributed by atoms with Crippen molar-refractivity contribution in [2.45, 2.75) is 12.8 Å². The van der Waals surface area contributed by atoms with Gasteiger partial charge in [0.2, 0.25) is 0 Å². The van der Waals surface area contributed by atoms with E-state index in [0.29, 0.717) is 23.5 Å². The summed E-state index contributed by atoms with van der Waals surface area (Å²) in [4.78, 5) is 15.0. The van der Waals surface area contributed by atoms with E-state index in [0.717, 1.165) is 38.4 Å². The van der Waals surface area contributed by atoms with Crippen molar-refractivity contribution >= 4 is 17.5 Å². The Kier molecular flexibility index (Phi) is 5.52. The molecule has 2 heterocycles. The number of piperazine rings is 1. The molecular formula is C18H23N5O3. The van der Waals surface area contributed by atoms with E-state index in [4.69, 9.17) is 10.8 Å². The molecule has 0 spiro atoms. The quantitative estimate of drug-likeness (QED) is 0.711. The molecule has 1 saturated heterocycles.